The molecular formula is C22H25N3O3. The molecule has 1 heterocycles. The molecule has 1 fully saturated rings. The Morgan fingerprint density at radius 2 is 1.54 bits per heavy atom. The molecule has 0 atom stereocenters. The minimum absolute atomic E-state index is 0.0482. The third kappa shape index (κ3) is 5.19. The monoisotopic (exact) mass is 379 g/mol. The van der Waals surface area contributed by atoms with E-state index in [0.717, 1.165) is 32.4 Å². The molecule has 2 aromatic carbocycles. The smallest absolute Gasteiger partial charge is 0.255 e. The third-order valence-corrected chi connectivity index (χ3v) is 4.75. The summed E-state index contributed by atoms with van der Waals surface area (Å²) in [6, 6.07) is 15.9. The zero-order valence-electron chi connectivity index (χ0n) is 15.8. The van der Waals surface area contributed by atoms with Crippen molar-refractivity contribution in [3.8, 4) is 0 Å². The molecule has 0 spiro atoms. The Hall–Kier alpha value is -3.15. The Morgan fingerprint density at radius 1 is 0.857 bits per heavy atom. The summed E-state index contributed by atoms with van der Waals surface area (Å²) in [6.07, 6.45) is 3.31. The largest absolute Gasteiger partial charge is 0.352 e. The van der Waals surface area contributed by atoms with Crippen molar-refractivity contribution in [2.75, 3.05) is 25.0 Å². The minimum Gasteiger partial charge on any atom is -0.352 e. The molecule has 1 aliphatic heterocycles. The number of benzene rings is 2. The van der Waals surface area contributed by atoms with E-state index < -0.39 is 0 Å². The highest BCUT2D eigenvalue weighted by Crippen LogP contribution is 2.20. The molecule has 6 nitrogen and oxygen atoms in total. The second-order valence-corrected chi connectivity index (χ2v) is 6.82. The highest BCUT2D eigenvalue weighted by Gasteiger charge is 2.21. The predicted molar refractivity (Wildman–Crippen MR) is 108 cm³/mol. The number of hydrogen-bond acceptors (Lipinski definition) is 3. The van der Waals surface area contributed by atoms with Crippen LogP contribution in [0.25, 0.3) is 0 Å². The molecule has 6 heteroatoms. The maximum absolute atomic E-state index is 12.8. The molecule has 3 rings (SSSR count). The lowest BCUT2D eigenvalue weighted by Gasteiger charge is -2.27. The number of amides is 3. The normalized spacial score (nSPS) is 13.6. The van der Waals surface area contributed by atoms with Crippen LogP contribution in [0.3, 0.4) is 0 Å². The minimum atomic E-state index is -0.243. The van der Waals surface area contributed by atoms with Gasteiger partial charge in [-0.1, -0.05) is 30.3 Å². The fraction of sp³-hybridized carbons (Fsp3) is 0.318. The van der Waals surface area contributed by atoms with E-state index in [0.29, 0.717) is 16.8 Å². The zero-order valence-corrected chi connectivity index (χ0v) is 15.8. The number of hydrogen-bond donors (Lipinski definition) is 2. The number of rotatable bonds is 6. The fourth-order valence-electron chi connectivity index (χ4n) is 3.24. The lowest BCUT2D eigenvalue weighted by atomic mass is 10.1. The van der Waals surface area contributed by atoms with Gasteiger partial charge in [0.2, 0.25) is 5.91 Å². The van der Waals surface area contributed by atoms with E-state index in [1.807, 2.05) is 11.0 Å². The maximum Gasteiger partial charge on any atom is 0.255 e. The molecule has 0 aromatic heterocycles. The van der Waals surface area contributed by atoms with Crippen molar-refractivity contribution in [1.82, 2.24) is 10.2 Å². The molecule has 1 aliphatic rings. The van der Waals surface area contributed by atoms with Gasteiger partial charge in [0.05, 0.1) is 11.3 Å². The van der Waals surface area contributed by atoms with Crippen molar-refractivity contribution in [3.63, 3.8) is 0 Å². The highest BCUT2D eigenvalue weighted by molar-refractivity contribution is 6.04. The van der Waals surface area contributed by atoms with E-state index in [2.05, 4.69) is 10.6 Å². The average molecular weight is 379 g/mol. The molecule has 2 N–H and O–H groups in total. The van der Waals surface area contributed by atoms with Crippen LogP contribution in [0.15, 0.2) is 54.6 Å². The van der Waals surface area contributed by atoms with Crippen molar-refractivity contribution in [3.05, 3.63) is 65.7 Å². The molecule has 0 saturated carbocycles. The Balaban J connectivity index is 1.54. The van der Waals surface area contributed by atoms with Crippen molar-refractivity contribution in [2.45, 2.75) is 25.7 Å². The summed E-state index contributed by atoms with van der Waals surface area (Å²) in [5, 5.41) is 5.54. The van der Waals surface area contributed by atoms with Gasteiger partial charge in [-0.3, -0.25) is 14.4 Å². The van der Waals surface area contributed by atoms with Crippen LogP contribution < -0.4 is 10.6 Å². The van der Waals surface area contributed by atoms with Crippen LogP contribution in [0.1, 0.15) is 46.4 Å². The number of nitrogens with one attached hydrogen (secondary N) is 2. The van der Waals surface area contributed by atoms with Gasteiger partial charge < -0.3 is 15.5 Å². The quantitative estimate of drug-likeness (QED) is 0.810. The van der Waals surface area contributed by atoms with E-state index in [1.165, 1.54) is 0 Å². The standard InChI is InChI=1S/C22H25N3O3/c26-20(13-14-23-21(27)17-9-3-1-4-10-17)24-19-12-6-5-11-18(19)22(28)25-15-7-2-8-16-25/h1,3-6,9-12H,2,7-8,13-16H2,(H,23,27)(H,24,26). The van der Waals surface area contributed by atoms with Crippen molar-refractivity contribution in [2.24, 2.45) is 0 Å². The summed E-state index contributed by atoms with van der Waals surface area (Å²) >= 11 is 0. The van der Waals surface area contributed by atoms with Crippen LogP contribution in [0, 0.1) is 0 Å². The molecule has 3 amide bonds. The van der Waals surface area contributed by atoms with Crippen molar-refractivity contribution < 1.29 is 14.4 Å². The maximum atomic E-state index is 12.8. The average Bonchev–Trinajstić information content (AvgIpc) is 2.75. The van der Waals surface area contributed by atoms with Gasteiger partial charge in [-0.15, -0.1) is 0 Å². The summed E-state index contributed by atoms with van der Waals surface area (Å²) in [7, 11) is 0. The molecule has 0 aliphatic carbocycles. The molecule has 2 aromatic rings. The van der Waals surface area contributed by atoms with Crippen LogP contribution >= 0.6 is 0 Å². The topological polar surface area (TPSA) is 78.5 Å². The number of para-hydroxylation sites is 1. The van der Waals surface area contributed by atoms with Gasteiger partial charge in [-0.05, 0) is 43.5 Å². The van der Waals surface area contributed by atoms with Crippen molar-refractivity contribution >= 4 is 23.4 Å². The summed E-state index contributed by atoms with van der Waals surface area (Å²) in [4.78, 5) is 38.9. The number of likely N-dealkylation sites (tertiary alicyclic amines) is 1. The van der Waals surface area contributed by atoms with E-state index >= 15 is 0 Å². The number of piperidine rings is 1. The van der Waals surface area contributed by atoms with E-state index in [1.54, 1.807) is 48.5 Å². The summed E-state index contributed by atoms with van der Waals surface area (Å²) < 4.78 is 0. The van der Waals surface area contributed by atoms with Gasteiger partial charge in [0, 0.05) is 31.6 Å². The van der Waals surface area contributed by atoms with Gasteiger partial charge in [-0.25, -0.2) is 0 Å². The summed E-state index contributed by atoms with van der Waals surface area (Å²) in [5.41, 5.74) is 1.57. The SMILES string of the molecule is O=C(CCNC(=O)c1ccccc1)Nc1ccccc1C(=O)N1CCCCC1. The first kappa shape index (κ1) is 19.6. The first-order valence-electron chi connectivity index (χ1n) is 9.66. The molecular weight excluding hydrogens is 354 g/mol. The number of nitrogens with zero attached hydrogens (tertiary/aromatic N) is 1. The van der Waals surface area contributed by atoms with Gasteiger partial charge in [0.25, 0.3) is 11.8 Å². The molecule has 146 valence electrons. The second kappa shape index (κ2) is 9.69. The second-order valence-electron chi connectivity index (χ2n) is 6.82. The van der Waals surface area contributed by atoms with Gasteiger partial charge in [0.1, 0.15) is 0 Å². The first-order valence-corrected chi connectivity index (χ1v) is 9.66. The Kier molecular flexibility index (Phi) is 6.78. The van der Waals surface area contributed by atoms with Gasteiger partial charge in [0.15, 0.2) is 0 Å². The zero-order chi connectivity index (χ0) is 19.8. The number of carbonyl (C=O) groups is 3. The fourth-order valence-corrected chi connectivity index (χ4v) is 3.24. The predicted octanol–water partition coefficient (Wildman–Crippen LogP) is 3.07. The third-order valence-electron chi connectivity index (χ3n) is 4.75. The van der Waals surface area contributed by atoms with Crippen LogP contribution in [-0.4, -0.2) is 42.3 Å². The number of carbonyl (C=O) groups excluding carboxylic acids is 3. The Labute approximate surface area is 164 Å². The van der Waals surface area contributed by atoms with Crippen LogP contribution in [0.2, 0.25) is 0 Å². The highest BCUT2D eigenvalue weighted by atomic mass is 16.2. The summed E-state index contributed by atoms with van der Waals surface area (Å²) in [6.45, 7) is 1.74. The molecule has 0 bridgehead atoms. The molecule has 1 saturated heterocycles. The van der Waals surface area contributed by atoms with Crippen LogP contribution in [0.5, 0.6) is 0 Å². The van der Waals surface area contributed by atoms with Gasteiger partial charge >= 0.3 is 0 Å². The Morgan fingerprint density at radius 3 is 2.29 bits per heavy atom. The Bertz CT molecular complexity index is 830. The van der Waals surface area contributed by atoms with Crippen molar-refractivity contribution in [1.29, 1.82) is 0 Å². The lowest BCUT2D eigenvalue weighted by Crippen LogP contribution is -2.36. The van der Waals surface area contributed by atoms with Gasteiger partial charge in [-0.2, -0.15) is 0 Å². The van der Waals surface area contributed by atoms with E-state index in [9.17, 15) is 14.4 Å². The molecule has 0 unspecified atom stereocenters. The molecule has 0 radical (unpaired) electrons. The first-order chi connectivity index (χ1) is 13.6. The van der Waals surface area contributed by atoms with E-state index in [4.69, 9.17) is 0 Å². The summed E-state index contributed by atoms with van der Waals surface area (Å²) in [5.74, 6) is -0.505. The lowest BCUT2D eigenvalue weighted by molar-refractivity contribution is -0.116. The van der Waals surface area contributed by atoms with Crippen LogP contribution in [-0.2, 0) is 4.79 Å². The number of anilines is 1. The van der Waals surface area contributed by atoms with Crippen LogP contribution in [0.4, 0.5) is 5.69 Å². The van der Waals surface area contributed by atoms with E-state index in [-0.39, 0.29) is 30.7 Å². The molecule has 28 heavy (non-hydrogen) atoms.